The summed E-state index contributed by atoms with van der Waals surface area (Å²) >= 11 is 1.51. The SMILES string of the molecule is CC(=O)NCC1CCN(C(=O)c2cc3c(C)nn(-c4ccccc4)c3s2)CC1. The summed E-state index contributed by atoms with van der Waals surface area (Å²) in [6.45, 7) is 5.70. The van der Waals surface area contributed by atoms with E-state index in [4.69, 9.17) is 0 Å². The standard InChI is InChI=1S/C21H24N4O2S/c1-14-18-12-19(28-21(18)25(23-14)17-6-4-3-5-7-17)20(27)24-10-8-16(9-11-24)13-22-15(2)26/h3-7,12,16H,8-11,13H2,1-2H3,(H,22,26). The number of para-hydroxylation sites is 1. The number of hydrogen-bond donors (Lipinski definition) is 1. The summed E-state index contributed by atoms with van der Waals surface area (Å²) in [6.07, 6.45) is 1.85. The van der Waals surface area contributed by atoms with Crippen LogP contribution in [0.3, 0.4) is 0 Å². The van der Waals surface area contributed by atoms with Crippen molar-refractivity contribution in [2.45, 2.75) is 26.7 Å². The molecule has 3 aromatic rings. The monoisotopic (exact) mass is 396 g/mol. The van der Waals surface area contributed by atoms with E-state index in [-0.39, 0.29) is 11.8 Å². The number of aryl methyl sites for hydroxylation is 1. The molecule has 0 aliphatic carbocycles. The highest BCUT2D eigenvalue weighted by molar-refractivity contribution is 7.20. The van der Waals surface area contributed by atoms with Gasteiger partial charge in [-0.15, -0.1) is 11.3 Å². The van der Waals surface area contributed by atoms with E-state index in [1.165, 1.54) is 11.3 Å². The summed E-state index contributed by atoms with van der Waals surface area (Å²) in [5.41, 5.74) is 1.93. The number of aromatic nitrogens is 2. The van der Waals surface area contributed by atoms with Crippen molar-refractivity contribution in [3.8, 4) is 5.69 Å². The maximum atomic E-state index is 13.0. The fourth-order valence-electron chi connectivity index (χ4n) is 3.68. The molecule has 0 atom stereocenters. The lowest BCUT2D eigenvalue weighted by molar-refractivity contribution is -0.119. The third-order valence-corrected chi connectivity index (χ3v) is 6.40. The highest BCUT2D eigenvalue weighted by Gasteiger charge is 2.26. The van der Waals surface area contributed by atoms with Crippen molar-refractivity contribution in [2.24, 2.45) is 5.92 Å². The fraction of sp³-hybridized carbons (Fsp3) is 0.381. The molecule has 1 aliphatic heterocycles. The van der Waals surface area contributed by atoms with Crippen LogP contribution in [0.2, 0.25) is 0 Å². The molecule has 0 saturated carbocycles. The van der Waals surface area contributed by atoms with Gasteiger partial charge < -0.3 is 10.2 Å². The first kappa shape index (κ1) is 18.7. The van der Waals surface area contributed by atoms with Gasteiger partial charge in [0, 0.05) is 31.9 Å². The lowest BCUT2D eigenvalue weighted by Crippen LogP contribution is -2.41. The Hall–Kier alpha value is -2.67. The molecule has 0 spiro atoms. The molecule has 4 rings (SSSR count). The Morgan fingerprint density at radius 3 is 2.61 bits per heavy atom. The molecule has 0 unspecified atom stereocenters. The summed E-state index contributed by atoms with van der Waals surface area (Å²) in [6, 6.07) is 12.0. The minimum atomic E-state index is 0.00612. The second-order valence-corrected chi connectivity index (χ2v) is 8.37. The molecule has 3 heterocycles. The second kappa shape index (κ2) is 7.75. The largest absolute Gasteiger partial charge is 0.356 e. The molecule has 2 aromatic heterocycles. The highest BCUT2D eigenvalue weighted by Crippen LogP contribution is 2.31. The molecule has 6 nitrogen and oxygen atoms in total. The van der Waals surface area contributed by atoms with Gasteiger partial charge in [0.2, 0.25) is 5.91 Å². The van der Waals surface area contributed by atoms with Gasteiger partial charge in [0.15, 0.2) is 0 Å². The van der Waals surface area contributed by atoms with Gasteiger partial charge >= 0.3 is 0 Å². The van der Waals surface area contributed by atoms with Crippen LogP contribution in [0.4, 0.5) is 0 Å². The number of likely N-dealkylation sites (tertiary alicyclic amines) is 1. The highest BCUT2D eigenvalue weighted by atomic mass is 32.1. The zero-order valence-corrected chi connectivity index (χ0v) is 17.0. The Bertz CT molecular complexity index is 1000. The Morgan fingerprint density at radius 1 is 1.21 bits per heavy atom. The third kappa shape index (κ3) is 3.67. The topological polar surface area (TPSA) is 67.2 Å². The summed E-state index contributed by atoms with van der Waals surface area (Å²) in [5, 5.41) is 8.57. The van der Waals surface area contributed by atoms with Crippen molar-refractivity contribution >= 4 is 33.4 Å². The number of carbonyl (C=O) groups is 2. The van der Waals surface area contributed by atoms with Crippen LogP contribution in [0.5, 0.6) is 0 Å². The van der Waals surface area contributed by atoms with Gasteiger partial charge in [-0.25, -0.2) is 4.68 Å². The number of nitrogens with zero attached hydrogens (tertiary/aromatic N) is 3. The molecule has 0 radical (unpaired) electrons. The predicted molar refractivity (Wildman–Crippen MR) is 111 cm³/mol. The van der Waals surface area contributed by atoms with Crippen LogP contribution in [-0.2, 0) is 4.79 Å². The van der Waals surface area contributed by atoms with Crippen molar-refractivity contribution in [1.29, 1.82) is 0 Å². The van der Waals surface area contributed by atoms with E-state index in [0.29, 0.717) is 12.5 Å². The zero-order chi connectivity index (χ0) is 19.7. The number of rotatable bonds is 4. The van der Waals surface area contributed by atoms with E-state index in [1.807, 2.05) is 52.9 Å². The zero-order valence-electron chi connectivity index (χ0n) is 16.1. The van der Waals surface area contributed by atoms with Gasteiger partial charge in [-0.2, -0.15) is 5.10 Å². The third-order valence-electron chi connectivity index (χ3n) is 5.30. The molecule has 1 aliphatic rings. The first-order valence-corrected chi connectivity index (χ1v) is 10.4. The van der Waals surface area contributed by atoms with Gasteiger partial charge in [0.05, 0.1) is 16.3 Å². The second-order valence-electron chi connectivity index (χ2n) is 7.33. The van der Waals surface area contributed by atoms with Crippen molar-refractivity contribution in [3.05, 3.63) is 47.0 Å². The summed E-state index contributed by atoms with van der Waals surface area (Å²) in [7, 11) is 0. The summed E-state index contributed by atoms with van der Waals surface area (Å²) in [4.78, 5) is 27.8. The van der Waals surface area contributed by atoms with Crippen LogP contribution >= 0.6 is 11.3 Å². The fourth-order valence-corrected chi connectivity index (χ4v) is 4.83. The van der Waals surface area contributed by atoms with E-state index in [2.05, 4.69) is 10.4 Å². The Balaban J connectivity index is 1.51. The van der Waals surface area contributed by atoms with Crippen molar-refractivity contribution in [2.75, 3.05) is 19.6 Å². The normalized spacial score (nSPS) is 15.1. The Labute approximate surface area is 168 Å². The van der Waals surface area contributed by atoms with Crippen molar-refractivity contribution < 1.29 is 9.59 Å². The van der Waals surface area contributed by atoms with Crippen LogP contribution in [0.1, 0.15) is 35.1 Å². The summed E-state index contributed by atoms with van der Waals surface area (Å²) in [5.74, 6) is 0.550. The molecule has 1 aromatic carbocycles. The number of carbonyl (C=O) groups excluding carboxylic acids is 2. The van der Waals surface area contributed by atoms with E-state index < -0.39 is 0 Å². The first-order valence-electron chi connectivity index (χ1n) is 9.61. The van der Waals surface area contributed by atoms with Gasteiger partial charge in [0.25, 0.3) is 5.91 Å². The molecule has 2 amide bonds. The van der Waals surface area contributed by atoms with Crippen LogP contribution in [0, 0.1) is 12.8 Å². The Kier molecular flexibility index (Phi) is 5.17. The first-order chi connectivity index (χ1) is 13.5. The maximum absolute atomic E-state index is 13.0. The lowest BCUT2D eigenvalue weighted by Gasteiger charge is -2.31. The van der Waals surface area contributed by atoms with E-state index in [0.717, 1.165) is 52.4 Å². The number of piperidine rings is 1. The number of hydrogen-bond acceptors (Lipinski definition) is 4. The molecule has 0 bridgehead atoms. The molecule has 28 heavy (non-hydrogen) atoms. The maximum Gasteiger partial charge on any atom is 0.264 e. The van der Waals surface area contributed by atoms with E-state index in [9.17, 15) is 9.59 Å². The van der Waals surface area contributed by atoms with E-state index >= 15 is 0 Å². The molecular formula is C21H24N4O2S. The average Bonchev–Trinajstić information content (AvgIpc) is 3.27. The molecular weight excluding hydrogens is 372 g/mol. The minimum Gasteiger partial charge on any atom is -0.356 e. The molecule has 1 saturated heterocycles. The van der Waals surface area contributed by atoms with Gasteiger partial charge in [-0.1, -0.05) is 18.2 Å². The summed E-state index contributed by atoms with van der Waals surface area (Å²) < 4.78 is 1.92. The van der Waals surface area contributed by atoms with Crippen LogP contribution in [0.25, 0.3) is 15.9 Å². The van der Waals surface area contributed by atoms with Crippen LogP contribution in [0.15, 0.2) is 36.4 Å². The van der Waals surface area contributed by atoms with Gasteiger partial charge in [-0.3, -0.25) is 9.59 Å². The smallest absolute Gasteiger partial charge is 0.264 e. The molecule has 1 fully saturated rings. The van der Waals surface area contributed by atoms with Gasteiger partial charge in [-0.05, 0) is 43.9 Å². The quantitative estimate of drug-likeness (QED) is 0.735. The predicted octanol–water partition coefficient (Wildman–Crippen LogP) is 3.38. The molecule has 146 valence electrons. The molecule has 1 N–H and O–H groups in total. The number of nitrogens with one attached hydrogen (secondary N) is 1. The van der Waals surface area contributed by atoms with Crippen molar-refractivity contribution in [1.82, 2.24) is 20.0 Å². The number of amides is 2. The van der Waals surface area contributed by atoms with Crippen molar-refractivity contribution in [3.63, 3.8) is 0 Å². The Morgan fingerprint density at radius 2 is 1.93 bits per heavy atom. The van der Waals surface area contributed by atoms with Crippen LogP contribution in [-0.4, -0.2) is 46.1 Å². The van der Waals surface area contributed by atoms with E-state index in [1.54, 1.807) is 6.92 Å². The lowest BCUT2D eigenvalue weighted by atomic mass is 9.96. The number of thiophene rings is 1. The minimum absolute atomic E-state index is 0.00612. The number of benzene rings is 1. The number of fused-ring (bicyclic) bond motifs is 1. The molecule has 7 heteroatoms. The van der Waals surface area contributed by atoms with Gasteiger partial charge in [0.1, 0.15) is 4.83 Å². The average molecular weight is 397 g/mol. The van der Waals surface area contributed by atoms with Crippen LogP contribution < -0.4 is 5.32 Å².